The normalized spacial score (nSPS) is 21.0. The minimum absolute atomic E-state index is 0.00921. The summed E-state index contributed by atoms with van der Waals surface area (Å²) in [5.41, 5.74) is -1.94. The highest BCUT2D eigenvalue weighted by Gasteiger charge is 2.60. The number of sulfonamides is 1. The Bertz CT molecular complexity index is 1530. The molecule has 0 saturated carbocycles. The molecule has 13 heteroatoms. The highest BCUT2D eigenvalue weighted by atomic mass is 35.5. The number of aliphatic hydroxyl groups is 1. The van der Waals surface area contributed by atoms with E-state index in [1.807, 2.05) is 4.72 Å². The topological polar surface area (TPSA) is 158 Å². The van der Waals surface area contributed by atoms with Gasteiger partial charge in [0.1, 0.15) is 22.1 Å². The van der Waals surface area contributed by atoms with Crippen molar-refractivity contribution >= 4 is 51.0 Å². The number of fused-ring (bicyclic) bond motifs is 1. The third kappa shape index (κ3) is 4.29. The van der Waals surface area contributed by atoms with E-state index in [1.165, 1.54) is 44.6 Å². The number of Topliss-reactive ketones (excluding diaryl/α,β-unsaturated/α-hetero) is 2. The molecule has 2 aromatic rings. The maximum atomic E-state index is 13.7. The zero-order chi connectivity index (χ0) is 28.0. The first-order chi connectivity index (χ1) is 17.9. The maximum absolute atomic E-state index is 13.7. The molecule has 1 aliphatic carbocycles. The highest BCUT2D eigenvalue weighted by Crippen LogP contribution is 2.54. The Morgan fingerprint density at radius 3 is 2.42 bits per heavy atom. The summed E-state index contributed by atoms with van der Waals surface area (Å²) in [5, 5.41) is 11.3. The number of carbonyl (C=O) groups is 3. The van der Waals surface area contributed by atoms with Crippen LogP contribution in [0.2, 0.25) is 5.02 Å². The molecule has 2 N–H and O–H groups in total. The van der Waals surface area contributed by atoms with Crippen LogP contribution in [-0.4, -0.2) is 57.0 Å². The lowest BCUT2D eigenvalue weighted by Gasteiger charge is -2.36. The zero-order valence-electron chi connectivity index (χ0n) is 20.7. The number of benzene rings is 2. The van der Waals surface area contributed by atoms with Crippen molar-refractivity contribution in [2.45, 2.75) is 30.8 Å². The molecule has 0 unspecified atom stereocenters. The Labute approximate surface area is 223 Å². The van der Waals surface area contributed by atoms with E-state index in [0.29, 0.717) is 0 Å². The van der Waals surface area contributed by atoms with Crippen molar-refractivity contribution in [3.8, 4) is 17.2 Å². The lowest BCUT2D eigenvalue weighted by Crippen LogP contribution is -2.52. The van der Waals surface area contributed by atoms with Crippen LogP contribution in [0.3, 0.4) is 0 Å². The molecule has 1 amide bonds. The number of nitrogens with one attached hydrogen (secondary N) is 1. The summed E-state index contributed by atoms with van der Waals surface area (Å²) in [6.45, 7) is 2.67. The Hall–Kier alpha value is -3.90. The third-order valence-corrected chi connectivity index (χ3v) is 8.09. The Kier molecular flexibility index (Phi) is 6.97. The van der Waals surface area contributed by atoms with Crippen LogP contribution in [0.5, 0.6) is 17.2 Å². The minimum Gasteiger partial charge on any atom is -0.507 e. The summed E-state index contributed by atoms with van der Waals surface area (Å²) < 4.78 is 42.7. The van der Waals surface area contributed by atoms with Crippen LogP contribution in [0.4, 0.5) is 5.69 Å². The van der Waals surface area contributed by atoms with Crippen molar-refractivity contribution in [1.29, 1.82) is 0 Å². The van der Waals surface area contributed by atoms with Crippen molar-refractivity contribution in [1.82, 2.24) is 4.72 Å². The van der Waals surface area contributed by atoms with E-state index in [0.717, 1.165) is 13.1 Å². The van der Waals surface area contributed by atoms with Gasteiger partial charge in [-0.1, -0.05) is 18.5 Å². The number of nitrogens with zero attached hydrogens (tertiary/aromatic N) is 1. The SMILES string of the molecule is COc1cc(OC)c2c(c1Cl)O[C@]1(C2=O)C(O)=C(C=Nc2ccc(S(=O)(=O)NC(C)=O)cc2)C(=O)C[C@H]1C. The van der Waals surface area contributed by atoms with Crippen LogP contribution in [0.25, 0.3) is 0 Å². The first-order valence-electron chi connectivity index (χ1n) is 11.2. The molecule has 0 radical (unpaired) electrons. The Balaban J connectivity index is 1.74. The summed E-state index contributed by atoms with van der Waals surface area (Å²) in [6.07, 6.45) is 0.942. The van der Waals surface area contributed by atoms with Gasteiger partial charge in [-0.3, -0.25) is 19.4 Å². The lowest BCUT2D eigenvalue weighted by atomic mass is 9.73. The smallest absolute Gasteiger partial charge is 0.264 e. The molecular weight excluding hydrogens is 540 g/mol. The highest BCUT2D eigenvalue weighted by molar-refractivity contribution is 7.90. The van der Waals surface area contributed by atoms with Gasteiger partial charge in [0, 0.05) is 31.5 Å². The van der Waals surface area contributed by atoms with Crippen LogP contribution in [0, 0.1) is 5.92 Å². The van der Waals surface area contributed by atoms with Gasteiger partial charge in [-0.25, -0.2) is 13.1 Å². The van der Waals surface area contributed by atoms with Crippen molar-refractivity contribution < 1.29 is 42.1 Å². The Morgan fingerprint density at radius 1 is 1.21 bits per heavy atom. The van der Waals surface area contributed by atoms with E-state index >= 15 is 0 Å². The first-order valence-corrected chi connectivity index (χ1v) is 13.1. The molecular formula is C25H23ClN2O9S. The summed E-state index contributed by atoms with van der Waals surface area (Å²) in [5.74, 6) is -2.96. The number of amides is 1. The number of ketones is 2. The van der Waals surface area contributed by atoms with Crippen LogP contribution in [0.1, 0.15) is 30.6 Å². The number of aliphatic imine (C=N–C) groups is 1. The molecule has 2 atom stereocenters. The van der Waals surface area contributed by atoms with E-state index < -0.39 is 44.8 Å². The molecule has 200 valence electrons. The monoisotopic (exact) mass is 562 g/mol. The summed E-state index contributed by atoms with van der Waals surface area (Å²) in [4.78, 5) is 41.7. The van der Waals surface area contributed by atoms with Crippen LogP contribution < -0.4 is 18.9 Å². The predicted octanol–water partition coefficient (Wildman–Crippen LogP) is 3.32. The number of aliphatic hydroxyl groups excluding tert-OH is 1. The predicted molar refractivity (Wildman–Crippen MR) is 136 cm³/mol. The van der Waals surface area contributed by atoms with Crippen molar-refractivity contribution in [3.63, 3.8) is 0 Å². The molecule has 1 aliphatic heterocycles. The molecule has 38 heavy (non-hydrogen) atoms. The molecule has 1 spiro atoms. The number of hydrogen-bond acceptors (Lipinski definition) is 10. The van der Waals surface area contributed by atoms with E-state index in [-0.39, 0.29) is 50.4 Å². The number of hydrogen-bond donors (Lipinski definition) is 2. The van der Waals surface area contributed by atoms with Gasteiger partial charge in [0.15, 0.2) is 17.3 Å². The van der Waals surface area contributed by atoms with Gasteiger partial charge in [0.05, 0.1) is 30.4 Å². The van der Waals surface area contributed by atoms with Gasteiger partial charge in [-0.2, -0.15) is 0 Å². The molecule has 11 nitrogen and oxygen atoms in total. The average molecular weight is 563 g/mol. The molecule has 4 rings (SSSR count). The van der Waals surface area contributed by atoms with E-state index in [4.69, 9.17) is 25.8 Å². The number of allylic oxidation sites excluding steroid dienone is 1. The number of methoxy groups -OCH3 is 2. The number of carbonyl (C=O) groups excluding carboxylic acids is 3. The first kappa shape index (κ1) is 27.1. The summed E-state index contributed by atoms with van der Waals surface area (Å²) >= 11 is 6.41. The average Bonchev–Trinajstić information content (AvgIpc) is 3.17. The van der Waals surface area contributed by atoms with E-state index in [2.05, 4.69) is 4.99 Å². The quantitative estimate of drug-likeness (QED) is 0.504. The van der Waals surface area contributed by atoms with Crippen molar-refractivity contribution in [2.24, 2.45) is 10.9 Å². The maximum Gasteiger partial charge on any atom is 0.264 e. The second kappa shape index (κ2) is 9.76. The fourth-order valence-electron chi connectivity index (χ4n) is 4.41. The number of ether oxygens (including phenoxy) is 3. The lowest BCUT2D eigenvalue weighted by molar-refractivity contribution is -0.119. The third-order valence-electron chi connectivity index (χ3n) is 6.28. The fraction of sp³-hybridized carbons (Fsp3) is 0.280. The fourth-order valence-corrected chi connectivity index (χ4v) is 5.67. The molecule has 2 aromatic carbocycles. The zero-order valence-corrected chi connectivity index (χ0v) is 22.3. The second-order valence-electron chi connectivity index (χ2n) is 8.67. The van der Waals surface area contributed by atoms with Gasteiger partial charge in [-0.15, -0.1) is 0 Å². The van der Waals surface area contributed by atoms with Crippen molar-refractivity contribution in [3.05, 3.63) is 52.3 Å². The summed E-state index contributed by atoms with van der Waals surface area (Å²) in [7, 11) is -1.30. The molecule has 0 aromatic heterocycles. The van der Waals surface area contributed by atoms with E-state index in [1.54, 1.807) is 6.92 Å². The van der Waals surface area contributed by atoms with Gasteiger partial charge in [0.2, 0.25) is 17.3 Å². The number of rotatable bonds is 6. The second-order valence-corrected chi connectivity index (χ2v) is 10.7. The van der Waals surface area contributed by atoms with Gasteiger partial charge >= 0.3 is 0 Å². The summed E-state index contributed by atoms with van der Waals surface area (Å²) in [6, 6.07) is 6.57. The van der Waals surface area contributed by atoms with E-state index in [9.17, 15) is 27.9 Å². The molecule has 2 aliphatic rings. The Morgan fingerprint density at radius 2 is 1.84 bits per heavy atom. The standard InChI is InChI=1S/C25H23ClN2O9S/c1-12-9-17(30)16(11-27-14-5-7-15(8-6-14)38(33,34)28-13(2)29)23(31)25(12)24(32)20-18(35-3)10-19(36-4)21(26)22(20)37-25/h5-8,10-12,31H,9H2,1-4H3,(H,28,29)/t12-,25+/m1/s1. The van der Waals surface area contributed by atoms with Crippen LogP contribution in [0.15, 0.2) is 51.6 Å². The molecule has 0 fully saturated rings. The largest absolute Gasteiger partial charge is 0.507 e. The van der Waals surface area contributed by atoms with Gasteiger partial charge < -0.3 is 19.3 Å². The van der Waals surface area contributed by atoms with Crippen molar-refractivity contribution in [2.75, 3.05) is 14.2 Å². The number of halogens is 1. The van der Waals surface area contributed by atoms with Gasteiger partial charge in [-0.05, 0) is 24.3 Å². The van der Waals surface area contributed by atoms with Gasteiger partial charge in [0.25, 0.3) is 10.0 Å². The minimum atomic E-state index is -4.04. The molecule has 1 heterocycles. The molecule has 0 bridgehead atoms. The van der Waals surface area contributed by atoms with Crippen LogP contribution in [-0.2, 0) is 19.6 Å². The molecule has 0 saturated heterocycles. The van der Waals surface area contributed by atoms with Crippen LogP contribution >= 0.6 is 11.6 Å².